The third-order valence-corrected chi connectivity index (χ3v) is 5.28. The third-order valence-electron chi connectivity index (χ3n) is 5.28. The van der Waals surface area contributed by atoms with Gasteiger partial charge < -0.3 is 4.74 Å². The maximum absolute atomic E-state index is 13.0. The van der Waals surface area contributed by atoms with Crippen molar-refractivity contribution in [3.8, 4) is 11.3 Å². The number of hydrogen-bond acceptors (Lipinski definition) is 4. The van der Waals surface area contributed by atoms with E-state index in [0.29, 0.717) is 27.7 Å². The Morgan fingerprint density at radius 2 is 1.52 bits per heavy atom. The van der Waals surface area contributed by atoms with E-state index in [-0.39, 0.29) is 12.4 Å². The number of rotatable bonds is 5. The van der Waals surface area contributed by atoms with Crippen molar-refractivity contribution in [2.45, 2.75) is 20.8 Å². The SMILES string of the molecule is Cc1ccc(C)c(C(=O)COC(=O)c2cc(-c3ccccc3)nc3ccc(C)cc23)c1. The van der Waals surface area contributed by atoms with Crippen molar-refractivity contribution < 1.29 is 14.3 Å². The first kappa shape index (κ1) is 20.5. The van der Waals surface area contributed by atoms with Crippen LogP contribution in [0.5, 0.6) is 0 Å². The molecule has 0 aliphatic heterocycles. The van der Waals surface area contributed by atoms with Crippen molar-refractivity contribution in [3.63, 3.8) is 0 Å². The summed E-state index contributed by atoms with van der Waals surface area (Å²) in [5.41, 5.74) is 6.15. The summed E-state index contributed by atoms with van der Waals surface area (Å²) in [6.45, 7) is 5.46. The number of carbonyl (C=O) groups is 2. The van der Waals surface area contributed by atoms with E-state index in [2.05, 4.69) is 0 Å². The van der Waals surface area contributed by atoms with Crippen LogP contribution in [0, 0.1) is 20.8 Å². The molecule has 3 aromatic carbocycles. The number of aromatic nitrogens is 1. The molecule has 4 aromatic rings. The fourth-order valence-electron chi connectivity index (χ4n) is 3.59. The summed E-state index contributed by atoms with van der Waals surface area (Å²) in [4.78, 5) is 30.4. The molecule has 0 aliphatic carbocycles. The van der Waals surface area contributed by atoms with Crippen LogP contribution in [0.3, 0.4) is 0 Å². The van der Waals surface area contributed by atoms with E-state index in [1.807, 2.05) is 87.5 Å². The number of benzene rings is 3. The zero-order valence-electron chi connectivity index (χ0n) is 17.8. The van der Waals surface area contributed by atoms with E-state index in [9.17, 15) is 9.59 Å². The van der Waals surface area contributed by atoms with Gasteiger partial charge in [0.15, 0.2) is 6.61 Å². The number of ether oxygens (including phenoxy) is 1. The van der Waals surface area contributed by atoms with Crippen molar-refractivity contribution in [2.24, 2.45) is 0 Å². The molecule has 0 N–H and O–H groups in total. The molecule has 0 fully saturated rings. The minimum absolute atomic E-state index is 0.215. The summed E-state index contributed by atoms with van der Waals surface area (Å²) < 4.78 is 5.46. The summed E-state index contributed by atoms with van der Waals surface area (Å²) in [6, 6.07) is 22.9. The smallest absolute Gasteiger partial charge is 0.339 e. The molecular weight excluding hydrogens is 386 g/mol. The predicted octanol–water partition coefficient (Wildman–Crippen LogP) is 5.87. The maximum Gasteiger partial charge on any atom is 0.339 e. The molecule has 0 saturated carbocycles. The number of Topliss-reactive ketones (excluding diaryl/α,β-unsaturated/α-hetero) is 1. The van der Waals surface area contributed by atoms with Gasteiger partial charge in [-0.05, 0) is 50.6 Å². The number of pyridine rings is 1. The minimum Gasteiger partial charge on any atom is -0.454 e. The van der Waals surface area contributed by atoms with Crippen LogP contribution in [-0.2, 0) is 4.74 Å². The highest BCUT2D eigenvalue weighted by molar-refractivity contribution is 6.06. The van der Waals surface area contributed by atoms with Crippen LogP contribution >= 0.6 is 0 Å². The zero-order valence-corrected chi connectivity index (χ0v) is 17.8. The molecule has 0 radical (unpaired) electrons. The number of carbonyl (C=O) groups excluding carboxylic acids is 2. The summed E-state index contributed by atoms with van der Waals surface area (Å²) in [5.74, 6) is -0.749. The fourth-order valence-corrected chi connectivity index (χ4v) is 3.59. The van der Waals surface area contributed by atoms with Gasteiger partial charge in [-0.2, -0.15) is 0 Å². The normalized spacial score (nSPS) is 10.8. The van der Waals surface area contributed by atoms with Crippen molar-refractivity contribution >= 4 is 22.7 Å². The van der Waals surface area contributed by atoms with Crippen molar-refractivity contribution in [1.82, 2.24) is 4.98 Å². The zero-order chi connectivity index (χ0) is 22.0. The Labute approximate surface area is 181 Å². The van der Waals surface area contributed by atoms with Gasteiger partial charge in [-0.3, -0.25) is 4.79 Å². The van der Waals surface area contributed by atoms with E-state index >= 15 is 0 Å². The van der Waals surface area contributed by atoms with Gasteiger partial charge in [-0.15, -0.1) is 0 Å². The van der Waals surface area contributed by atoms with Gasteiger partial charge in [-0.1, -0.05) is 59.7 Å². The van der Waals surface area contributed by atoms with Gasteiger partial charge in [0.1, 0.15) is 0 Å². The number of hydrogen-bond donors (Lipinski definition) is 0. The molecule has 0 bridgehead atoms. The Kier molecular flexibility index (Phi) is 5.63. The highest BCUT2D eigenvalue weighted by Gasteiger charge is 2.18. The lowest BCUT2D eigenvalue weighted by Crippen LogP contribution is -2.16. The average molecular weight is 409 g/mol. The first-order chi connectivity index (χ1) is 14.9. The molecule has 1 aromatic heterocycles. The van der Waals surface area contributed by atoms with E-state index < -0.39 is 5.97 Å². The van der Waals surface area contributed by atoms with Crippen molar-refractivity contribution in [3.05, 3.63) is 101 Å². The predicted molar refractivity (Wildman–Crippen MR) is 122 cm³/mol. The molecule has 0 saturated heterocycles. The lowest BCUT2D eigenvalue weighted by Gasteiger charge is -2.11. The van der Waals surface area contributed by atoms with Crippen molar-refractivity contribution in [1.29, 1.82) is 0 Å². The van der Waals surface area contributed by atoms with E-state index in [0.717, 1.165) is 22.3 Å². The van der Waals surface area contributed by atoms with Crippen LogP contribution in [0.4, 0.5) is 0 Å². The lowest BCUT2D eigenvalue weighted by atomic mass is 10.0. The molecule has 154 valence electrons. The minimum atomic E-state index is -0.533. The monoisotopic (exact) mass is 409 g/mol. The molecular formula is C27H23NO3. The Balaban J connectivity index is 1.67. The molecule has 4 rings (SSSR count). The molecule has 4 heteroatoms. The van der Waals surface area contributed by atoms with Gasteiger partial charge in [0.05, 0.1) is 16.8 Å². The summed E-state index contributed by atoms with van der Waals surface area (Å²) in [7, 11) is 0. The van der Waals surface area contributed by atoms with E-state index in [1.165, 1.54) is 0 Å². The second-order valence-corrected chi connectivity index (χ2v) is 7.76. The van der Waals surface area contributed by atoms with Crippen molar-refractivity contribution in [2.75, 3.05) is 6.61 Å². The molecule has 0 spiro atoms. The second kappa shape index (κ2) is 8.52. The summed E-state index contributed by atoms with van der Waals surface area (Å²) in [5, 5.41) is 0.712. The highest BCUT2D eigenvalue weighted by atomic mass is 16.5. The van der Waals surface area contributed by atoms with Gasteiger partial charge >= 0.3 is 5.97 Å². The van der Waals surface area contributed by atoms with Gasteiger partial charge in [-0.25, -0.2) is 9.78 Å². The molecule has 31 heavy (non-hydrogen) atoms. The van der Waals surface area contributed by atoms with E-state index in [1.54, 1.807) is 6.07 Å². The number of fused-ring (bicyclic) bond motifs is 1. The first-order valence-corrected chi connectivity index (χ1v) is 10.2. The first-order valence-electron chi connectivity index (χ1n) is 10.2. The standard InChI is InChI=1S/C27H23NO3/c1-17-9-11-19(3)21(13-17)26(29)16-31-27(30)23-15-25(20-7-5-4-6-8-20)28-24-12-10-18(2)14-22(23)24/h4-15H,16H2,1-3H3. The van der Waals surface area contributed by atoms with E-state index in [4.69, 9.17) is 9.72 Å². The molecule has 0 aliphatic rings. The number of ketones is 1. The average Bonchev–Trinajstić information content (AvgIpc) is 2.78. The largest absolute Gasteiger partial charge is 0.454 e. The van der Waals surface area contributed by atoms with Crippen LogP contribution in [0.1, 0.15) is 37.4 Å². The van der Waals surface area contributed by atoms with Crippen LogP contribution in [0.2, 0.25) is 0 Å². The lowest BCUT2D eigenvalue weighted by molar-refractivity contribution is 0.0476. The van der Waals surface area contributed by atoms with Gasteiger partial charge in [0, 0.05) is 16.5 Å². The van der Waals surface area contributed by atoms with Gasteiger partial charge in [0.2, 0.25) is 5.78 Å². The summed E-state index contributed by atoms with van der Waals surface area (Å²) >= 11 is 0. The molecule has 1 heterocycles. The molecule has 0 atom stereocenters. The van der Waals surface area contributed by atoms with Crippen LogP contribution in [0.25, 0.3) is 22.2 Å². The number of nitrogens with zero attached hydrogens (tertiary/aromatic N) is 1. The van der Waals surface area contributed by atoms with Crippen LogP contribution in [0.15, 0.2) is 72.8 Å². The third kappa shape index (κ3) is 4.38. The Morgan fingerprint density at radius 1 is 0.806 bits per heavy atom. The number of esters is 1. The topological polar surface area (TPSA) is 56.3 Å². The molecule has 0 amide bonds. The Bertz CT molecular complexity index is 1290. The summed E-state index contributed by atoms with van der Waals surface area (Å²) in [6.07, 6.45) is 0. The highest BCUT2D eigenvalue weighted by Crippen LogP contribution is 2.26. The van der Waals surface area contributed by atoms with Crippen LogP contribution in [-0.4, -0.2) is 23.3 Å². The molecule has 4 nitrogen and oxygen atoms in total. The fraction of sp³-hybridized carbons (Fsp3) is 0.148. The maximum atomic E-state index is 13.0. The van der Waals surface area contributed by atoms with Crippen LogP contribution < -0.4 is 0 Å². The second-order valence-electron chi connectivity index (χ2n) is 7.76. The van der Waals surface area contributed by atoms with Gasteiger partial charge in [0.25, 0.3) is 0 Å². The quantitative estimate of drug-likeness (QED) is 0.306. The Hall–Kier alpha value is -3.79. The number of aryl methyl sites for hydroxylation is 3. The molecule has 0 unspecified atom stereocenters. The Morgan fingerprint density at radius 3 is 2.29 bits per heavy atom.